The third-order valence-corrected chi connectivity index (χ3v) is 9.79. The van der Waals surface area contributed by atoms with Gasteiger partial charge in [0.05, 0.1) is 10.8 Å². The van der Waals surface area contributed by atoms with Gasteiger partial charge in [-0.15, -0.1) is 0 Å². The van der Waals surface area contributed by atoms with Crippen LogP contribution in [0.1, 0.15) is 5.56 Å². The molecule has 234 valence electrons. The van der Waals surface area contributed by atoms with Gasteiger partial charge >= 0.3 is 0 Å². The predicted molar refractivity (Wildman–Crippen MR) is 203 cm³/mol. The summed E-state index contributed by atoms with van der Waals surface area (Å²) in [4.78, 5) is 0. The largest absolute Gasteiger partial charge is 0.455 e. The van der Waals surface area contributed by atoms with Crippen molar-refractivity contribution in [3.8, 4) is 45.3 Å². The van der Waals surface area contributed by atoms with Crippen molar-refractivity contribution in [1.29, 1.82) is 0 Å². The molecule has 1 atom stereocenters. The van der Waals surface area contributed by atoms with E-state index in [0.29, 0.717) is 0 Å². The fraction of sp³-hybridized carbons (Fsp3) is 0.0233. The lowest BCUT2D eigenvalue weighted by Crippen LogP contribution is -1.80. The number of fused-ring (bicyclic) bond motifs is 11. The molecular formula is C43H28NO4P. The first-order valence-corrected chi connectivity index (χ1v) is 16.8. The van der Waals surface area contributed by atoms with Crippen molar-refractivity contribution >= 4 is 69.7 Å². The average Bonchev–Trinajstić information content (AvgIpc) is 3.96. The van der Waals surface area contributed by atoms with Crippen molar-refractivity contribution in [3.63, 3.8) is 0 Å². The van der Waals surface area contributed by atoms with Gasteiger partial charge in [0.2, 0.25) is 0 Å². The molecule has 0 bridgehead atoms. The second-order valence-corrected chi connectivity index (χ2v) is 12.8. The molecule has 1 N–H and O–H groups in total. The van der Waals surface area contributed by atoms with E-state index in [1.807, 2.05) is 48.5 Å². The Morgan fingerprint density at radius 2 is 0.735 bits per heavy atom. The van der Waals surface area contributed by atoms with Gasteiger partial charge in [0, 0.05) is 49.5 Å². The highest BCUT2D eigenvalue weighted by atomic mass is 31.0. The summed E-state index contributed by atoms with van der Waals surface area (Å²) < 4.78 is 27.4. The molecule has 49 heavy (non-hydrogen) atoms. The molecule has 5 nitrogen and oxygen atoms in total. The van der Waals surface area contributed by atoms with Crippen molar-refractivity contribution in [2.45, 2.75) is 6.92 Å². The van der Waals surface area contributed by atoms with E-state index in [0.717, 1.165) is 106 Å². The number of nitrogens with one attached hydrogen (secondary N) is 1. The smallest absolute Gasteiger partial charge is 0.147 e. The first-order chi connectivity index (χ1) is 24.1. The molecule has 10 rings (SSSR count). The van der Waals surface area contributed by atoms with E-state index in [4.69, 9.17) is 17.7 Å². The molecule has 0 spiro atoms. The van der Waals surface area contributed by atoms with Crippen LogP contribution in [0.4, 0.5) is 5.69 Å². The van der Waals surface area contributed by atoms with Crippen LogP contribution in [-0.2, 0) is 0 Å². The lowest BCUT2D eigenvalue weighted by atomic mass is 9.98. The van der Waals surface area contributed by atoms with Crippen molar-refractivity contribution in [2.24, 2.45) is 0 Å². The SMILES string of the molecule is Cc1ccc(-c2cc3c4cc(-c5ccccc5)oc4c4c5oc(-c6ccc(NP)cc6)cc5c5cc(-c6ccccc6)oc5c4c3o2)cc1. The van der Waals surface area contributed by atoms with Gasteiger partial charge in [-0.3, -0.25) is 0 Å². The Labute approximate surface area is 283 Å². The molecule has 0 aliphatic carbocycles. The summed E-state index contributed by atoms with van der Waals surface area (Å²) in [7, 11) is 2.54. The van der Waals surface area contributed by atoms with Crippen LogP contribution < -0.4 is 5.09 Å². The van der Waals surface area contributed by atoms with Crippen LogP contribution in [-0.4, -0.2) is 0 Å². The van der Waals surface area contributed by atoms with Crippen molar-refractivity contribution in [2.75, 3.05) is 5.09 Å². The Morgan fingerprint density at radius 1 is 0.408 bits per heavy atom. The second kappa shape index (κ2) is 10.7. The van der Waals surface area contributed by atoms with Crippen molar-refractivity contribution < 1.29 is 17.7 Å². The van der Waals surface area contributed by atoms with Gasteiger partial charge in [0.25, 0.3) is 0 Å². The fourth-order valence-corrected chi connectivity index (χ4v) is 7.18. The zero-order chi connectivity index (χ0) is 32.6. The van der Waals surface area contributed by atoms with Gasteiger partial charge in [-0.25, -0.2) is 0 Å². The van der Waals surface area contributed by atoms with Crippen LogP contribution in [0.15, 0.2) is 151 Å². The molecule has 1 unspecified atom stereocenters. The zero-order valence-electron chi connectivity index (χ0n) is 26.4. The van der Waals surface area contributed by atoms with Crippen molar-refractivity contribution in [3.05, 3.63) is 139 Å². The third kappa shape index (κ3) is 4.36. The van der Waals surface area contributed by atoms with E-state index in [1.165, 1.54) is 5.56 Å². The quantitative estimate of drug-likeness (QED) is 0.187. The number of rotatable bonds is 5. The van der Waals surface area contributed by atoms with Crippen LogP contribution in [0, 0.1) is 6.92 Å². The minimum Gasteiger partial charge on any atom is -0.455 e. The van der Waals surface area contributed by atoms with Crippen LogP contribution in [0.2, 0.25) is 0 Å². The van der Waals surface area contributed by atoms with Crippen LogP contribution in [0.5, 0.6) is 0 Å². The summed E-state index contributed by atoms with van der Waals surface area (Å²) in [5.41, 5.74) is 9.05. The Hall–Kier alpha value is -6.03. The van der Waals surface area contributed by atoms with Gasteiger partial charge in [-0.05, 0) is 64.8 Å². The molecule has 4 aromatic heterocycles. The molecule has 0 aliphatic rings. The molecular weight excluding hydrogens is 625 g/mol. The highest BCUT2D eigenvalue weighted by Gasteiger charge is 2.27. The summed E-state index contributed by atoms with van der Waals surface area (Å²) in [6, 6.07) is 45.4. The maximum absolute atomic E-state index is 6.87. The van der Waals surface area contributed by atoms with Crippen molar-refractivity contribution in [1.82, 2.24) is 0 Å². The number of aryl methyl sites for hydroxylation is 1. The van der Waals surface area contributed by atoms with Gasteiger partial charge in [-0.2, -0.15) is 0 Å². The van der Waals surface area contributed by atoms with E-state index < -0.39 is 0 Å². The van der Waals surface area contributed by atoms with E-state index in [9.17, 15) is 0 Å². The zero-order valence-corrected chi connectivity index (χ0v) is 27.6. The minimum absolute atomic E-state index is 0.723. The molecule has 0 amide bonds. The molecule has 4 heterocycles. The van der Waals surface area contributed by atoms with Crippen LogP contribution >= 0.6 is 9.39 Å². The fourth-order valence-electron chi connectivity index (χ4n) is 6.99. The van der Waals surface area contributed by atoms with Gasteiger partial charge in [0.15, 0.2) is 0 Å². The molecule has 6 heteroatoms. The van der Waals surface area contributed by atoms with E-state index in [-0.39, 0.29) is 0 Å². The lowest BCUT2D eigenvalue weighted by Gasteiger charge is -2.05. The monoisotopic (exact) mass is 653 g/mol. The number of furan rings is 4. The molecule has 0 saturated heterocycles. The maximum atomic E-state index is 6.87. The Balaban J connectivity index is 1.38. The average molecular weight is 654 g/mol. The van der Waals surface area contributed by atoms with Gasteiger partial charge in [-0.1, -0.05) is 90.5 Å². The number of hydrogen-bond acceptors (Lipinski definition) is 5. The summed E-state index contributed by atoms with van der Waals surface area (Å²) >= 11 is 0. The Morgan fingerprint density at radius 3 is 1.08 bits per heavy atom. The Kier molecular flexibility index (Phi) is 6.15. The number of anilines is 1. The topological polar surface area (TPSA) is 64.6 Å². The van der Waals surface area contributed by atoms with Crippen LogP contribution in [0.3, 0.4) is 0 Å². The van der Waals surface area contributed by atoms with Crippen LogP contribution in [0.25, 0.3) is 99.9 Å². The van der Waals surface area contributed by atoms with E-state index in [1.54, 1.807) is 0 Å². The Bertz CT molecular complexity index is 2840. The summed E-state index contributed by atoms with van der Waals surface area (Å²) in [6.07, 6.45) is 0. The normalized spacial score (nSPS) is 11.9. The molecule has 0 aliphatic heterocycles. The third-order valence-electron chi connectivity index (χ3n) is 9.46. The molecule has 0 saturated carbocycles. The summed E-state index contributed by atoms with van der Waals surface area (Å²) in [5, 5.41) is 8.56. The van der Waals surface area contributed by atoms with Gasteiger partial charge < -0.3 is 22.8 Å². The molecule has 10 aromatic rings. The van der Waals surface area contributed by atoms with Gasteiger partial charge in [0.1, 0.15) is 45.4 Å². The molecule has 0 radical (unpaired) electrons. The summed E-state index contributed by atoms with van der Waals surface area (Å²) in [6.45, 7) is 2.09. The molecule has 0 fully saturated rings. The predicted octanol–water partition coefficient (Wildman–Crippen LogP) is 13.0. The second-order valence-electron chi connectivity index (χ2n) is 12.5. The maximum Gasteiger partial charge on any atom is 0.147 e. The highest BCUT2D eigenvalue weighted by molar-refractivity contribution is 7.18. The molecule has 6 aromatic carbocycles. The number of benzene rings is 6. The van der Waals surface area contributed by atoms with E-state index in [2.05, 4.69) is 106 Å². The standard InChI is InChI=1S/C43H28NO4P/c1-24-12-14-27(15-13-24)36-22-32-30-20-34(25-8-4-2-5-9-25)45-40(30)39-38(42(32)47-36)41-31(21-35(46-41)26-10-6-3-7-11-26)33-23-37(48-43(33)39)28-16-18-29(44-49)19-17-28/h2-23,44H,49H2,1H3. The first kappa shape index (κ1) is 28.0. The van der Waals surface area contributed by atoms with E-state index >= 15 is 0 Å². The minimum atomic E-state index is 0.723. The first-order valence-electron chi connectivity index (χ1n) is 16.2. The summed E-state index contributed by atoms with van der Waals surface area (Å²) in [5.74, 6) is 3.07. The number of hydrogen-bond donors (Lipinski definition) is 1. The highest BCUT2D eigenvalue weighted by Crippen LogP contribution is 2.50. The lowest BCUT2D eigenvalue weighted by molar-refractivity contribution is 0.620.